The zero-order chi connectivity index (χ0) is 14.3. The number of carbonyl (C=O) groups is 1. The maximum absolute atomic E-state index is 12.0. The predicted molar refractivity (Wildman–Crippen MR) is 77.2 cm³/mol. The van der Waals surface area contributed by atoms with Gasteiger partial charge in [-0.3, -0.25) is 9.59 Å². The fourth-order valence-corrected chi connectivity index (χ4v) is 2.43. The lowest BCUT2D eigenvalue weighted by atomic mass is 10.3. The summed E-state index contributed by atoms with van der Waals surface area (Å²) in [6.07, 6.45) is 1.87. The summed E-state index contributed by atoms with van der Waals surface area (Å²) < 4.78 is 0. The Hall–Kier alpha value is -1.50. The van der Waals surface area contributed by atoms with Gasteiger partial charge in [0.25, 0.3) is 5.56 Å². The number of carbonyl (C=O) groups excluding carboxylic acids is 1. The van der Waals surface area contributed by atoms with Crippen molar-refractivity contribution in [2.24, 2.45) is 0 Å². The van der Waals surface area contributed by atoms with Crippen LogP contribution < -0.4 is 11.3 Å². The van der Waals surface area contributed by atoms with Crippen molar-refractivity contribution >= 4 is 23.5 Å². The molecule has 0 saturated heterocycles. The minimum Gasteiger partial charge on any atom is -0.383 e. The number of anilines is 1. The number of nitrogens with zero attached hydrogens (tertiary/aromatic N) is 2. The van der Waals surface area contributed by atoms with Crippen molar-refractivity contribution in [3.63, 3.8) is 0 Å². The summed E-state index contributed by atoms with van der Waals surface area (Å²) in [5, 5.41) is 0.381. The zero-order valence-corrected chi connectivity index (χ0v) is 12.1. The van der Waals surface area contributed by atoms with E-state index < -0.39 is 0 Å². The Morgan fingerprint density at radius 2 is 2.05 bits per heavy atom. The van der Waals surface area contributed by atoms with E-state index in [1.807, 2.05) is 18.7 Å². The third kappa shape index (κ3) is 5.34. The van der Waals surface area contributed by atoms with Crippen LogP contribution in [-0.4, -0.2) is 39.6 Å². The highest BCUT2D eigenvalue weighted by molar-refractivity contribution is 7.99. The van der Waals surface area contributed by atoms with Gasteiger partial charge in [-0.25, -0.2) is 4.98 Å². The third-order valence-corrected chi connectivity index (χ3v) is 3.27. The minimum absolute atomic E-state index is 0.0544. The lowest BCUT2D eigenvalue weighted by Gasteiger charge is -2.21. The molecule has 3 N–H and O–H groups in total. The lowest BCUT2D eigenvalue weighted by molar-refractivity contribution is -0.128. The first-order valence-electron chi connectivity index (χ1n) is 6.34. The van der Waals surface area contributed by atoms with Gasteiger partial charge in [0.1, 0.15) is 5.82 Å². The van der Waals surface area contributed by atoms with Crippen LogP contribution in [0.25, 0.3) is 0 Å². The lowest BCUT2D eigenvalue weighted by Crippen LogP contribution is -2.33. The molecule has 19 heavy (non-hydrogen) atoms. The largest absolute Gasteiger partial charge is 0.383 e. The van der Waals surface area contributed by atoms with E-state index in [-0.39, 0.29) is 23.0 Å². The van der Waals surface area contributed by atoms with Crippen molar-refractivity contribution in [1.82, 2.24) is 14.9 Å². The Bertz CT molecular complexity index is 469. The molecule has 1 rings (SSSR count). The summed E-state index contributed by atoms with van der Waals surface area (Å²) in [6.45, 7) is 5.60. The predicted octanol–water partition coefficient (Wildman–Crippen LogP) is 1.09. The van der Waals surface area contributed by atoms with Gasteiger partial charge in [0.05, 0.1) is 5.75 Å². The molecule has 0 bridgehead atoms. The molecule has 0 aliphatic rings. The van der Waals surface area contributed by atoms with Gasteiger partial charge in [-0.1, -0.05) is 25.6 Å². The molecule has 0 aromatic carbocycles. The number of rotatable bonds is 7. The van der Waals surface area contributed by atoms with Crippen LogP contribution in [0.4, 0.5) is 5.82 Å². The fraction of sp³-hybridized carbons (Fsp3) is 0.583. The van der Waals surface area contributed by atoms with Gasteiger partial charge in [-0.2, -0.15) is 0 Å². The quantitative estimate of drug-likeness (QED) is 0.577. The number of H-pyrrole nitrogens is 1. The van der Waals surface area contributed by atoms with Gasteiger partial charge >= 0.3 is 0 Å². The van der Waals surface area contributed by atoms with E-state index in [9.17, 15) is 9.59 Å². The van der Waals surface area contributed by atoms with E-state index in [1.54, 1.807) is 0 Å². The maximum atomic E-state index is 12.0. The highest BCUT2D eigenvalue weighted by atomic mass is 32.2. The minimum atomic E-state index is -0.304. The molecule has 0 radical (unpaired) electrons. The number of nitrogens with two attached hydrogens (primary N) is 1. The van der Waals surface area contributed by atoms with Crippen LogP contribution in [0.2, 0.25) is 0 Å². The van der Waals surface area contributed by atoms with E-state index in [0.29, 0.717) is 5.16 Å². The number of nitrogens with one attached hydrogen (secondary N) is 1. The number of aromatic nitrogens is 2. The molecule has 0 saturated carbocycles. The van der Waals surface area contributed by atoms with E-state index >= 15 is 0 Å². The molecule has 6 nitrogen and oxygen atoms in total. The monoisotopic (exact) mass is 284 g/mol. The van der Waals surface area contributed by atoms with Crippen molar-refractivity contribution in [3.05, 3.63) is 16.4 Å². The number of nitrogen functional groups attached to an aromatic ring is 1. The van der Waals surface area contributed by atoms with Crippen molar-refractivity contribution in [3.8, 4) is 0 Å². The van der Waals surface area contributed by atoms with Gasteiger partial charge in [0.2, 0.25) is 5.91 Å². The Morgan fingerprint density at radius 1 is 1.42 bits per heavy atom. The molecule has 1 aromatic heterocycles. The summed E-state index contributed by atoms with van der Waals surface area (Å²) in [5.74, 6) is 0.475. The highest BCUT2D eigenvalue weighted by Crippen LogP contribution is 2.13. The van der Waals surface area contributed by atoms with Crippen molar-refractivity contribution in [2.75, 3.05) is 24.6 Å². The van der Waals surface area contributed by atoms with Crippen LogP contribution in [-0.2, 0) is 4.79 Å². The second-order valence-electron chi connectivity index (χ2n) is 4.14. The Morgan fingerprint density at radius 3 is 2.58 bits per heavy atom. The van der Waals surface area contributed by atoms with Crippen molar-refractivity contribution < 1.29 is 4.79 Å². The van der Waals surface area contributed by atoms with Gasteiger partial charge in [0.15, 0.2) is 5.16 Å². The molecule has 0 atom stereocenters. The van der Waals surface area contributed by atoms with Crippen LogP contribution in [0.15, 0.2) is 16.0 Å². The first-order chi connectivity index (χ1) is 9.06. The highest BCUT2D eigenvalue weighted by Gasteiger charge is 2.12. The first kappa shape index (κ1) is 15.6. The number of hydrogen-bond acceptors (Lipinski definition) is 5. The second kappa shape index (κ2) is 7.83. The molecule has 106 valence electrons. The molecule has 0 fully saturated rings. The van der Waals surface area contributed by atoms with E-state index in [0.717, 1.165) is 25.9 Å². The summed E-state index contributed by atoms with van der Waals surface area (Å²) in [6, 6.07) is 1.21. The molecular formula is C12H20N4O2S. The van der Waals surface area contributed by atoms with Crippen LogP contribution in [0.3, 0.4) is 0 Å². The van der Waals surface area contributed by atoms with E-state index in [1.165, 1.54) is 17.8 Å². The average molecular weight is 284 g/mol. The molecule has 1 amide bonds. The average Bonchev–Trinajstić information content (AvgIpc) is 2.34. The van der Waals surface area contributed by atoms with Crippen LogP contribution in [0.1, 0.15) is 26.7 Å². The topological polar surface area (TPSA) is 92.1 Å². The van der Waals surface area contributed by atoms with Gasteiger partial charge in [0, 0.05) is 19.2 Å². The zero-order valence-electron chi connectivity index (χ0n) is 11.3. The summed E-state index contributed by atoms with van der Waals surface area (Å²) in [5.41, 5.74) is 5.18. The van der Waals surface area contributed by atoms with Crippen LogP contribution >= 0.6 is 11.8 Å². The molecule has 0 aliphatic carbocycles. The van der Waals surface area contributed by atoms with Crippen LogP contribution in [0.5, 0.6) is 0 Å². The molecule has 0 unspecified atom stereocenters. The van der Waals surface area contributed by atoms with Gasteiger partial charge < -0.3 is 15.6 Å². The Labute approximate surface area is 116 Å². The molecule has 0 aliphatic heterocycles. The van der Waals surface area contributed by atoms with Gasteiger partial charge in [-0.15, -0.1) is 0 Å². The van der Waals surface area contributed by atoms with E-state index in [4.69, 9.17) is 5.73 Å². The third-order valence-electron chi connectivity index (χ3n) is 2.41. The Kier molecular flexibility index (Phi) is 6.41. The second-order valence-corrected chi connectivity index (χ2v) is 5.11. The summed E-state index contributed by atoms with van der Waals surface area (Å²) in [7, 11) is 0. The van der Waals surface area contributed by atoms with Gasteiger partial charge in [-0.05, 0) is 12.8 Å². The molecule has 1 heterocycles. The molecule has 1 aromatic rings. The molecule has 7 heteroatoms. The number of hydrogen-bond donors (Lipinski definition) is 2. The maximum Gasteiger partial charge on any atom is 0.253 e. The molecular weight excluding hydrogens is 264 g/mol. The smallest absolute Gasteiger partial charge is 0.253 e. The van der Waals surface area contributed by atoms with Crippen molar-refractivity contribution in [2.45, 2.75) is 31.8 Å². The number of aromatic amines is 1. The fourth-order valence-electron chi connectivity index (χ4n) is 1.64. The standard InChI is InChI=1S/C12H20N4O2S/c1-3-5-16(6-4-2)11(18)8-19-12-14-9(13)7-10(17)15-12/h7H,3-6,8H2,1-2H3,(H3,13,14,15,17). The van der Waals surface area contributed by atoms with E-state index in [2.05, 4.69) is 9.97 Å². The Balaban J connectivity index is 2.59. The number of amides is 1. The molecule has 0 spiro atoms. The number of thioether (sulfide) groups is 1. The normalized spacial score (nSPS) is 10.4. The SMILES string of the molecule is CCCN(CCC)C(=O)CSc1nc(N)cc(=O)[nH]1. The summed E-state index contributed by atoms with van der Waals surface area (Å²) >= 11 is 1.20. The first-order valence-corrected chi connectivity index (χ1v) is 7.32. The van der Waals surface area contributed by atoms with Crippen LogP contribution in [0, 0.1) is 0 Å². The van der Waals surface area contributed by atoms with Crippen molar-refractivity contribution in [1.29, 1.82) is 0 Å². The summed E-state index contributed by atoms with van der Waals surface area (Å²) in [4.78, 5) is 31.6.